The number of nitrogens with one attached hydrogen (secondary N) is 1. The van der Waals surface area contributed by atoms with Crippen LogP contribution in [0.15, 0.2) is 83.4 Å². The van der Waals surface area contributed by atoms with E-state index in [0.29, 0.717) is 12.0 Å². The smallest absolute Gasteiger partial charge is 0.228 e. The van der Waals surface area contributed by atoms with Crippen LogP contribution in [0.1, 0.15) is 31.7 Å². The summed E-state index contributed by atoms with van der Waals surface area (Å²) in [6.45, 7) is 5.28. The molecule has 2 heterocycles. The molecule has 2 unspecified atom stereocenters. The highest BCUT2D eigenvalue weighted by Crippen LogP contribution is 2.33. The van der Waals surface area contributed by atoms with Gasteiger partial charge in [-0.15, -0.1) is 0 Å². The molecule has 0 radical (unpaired) electrons. The van der Waals surface area contributed by atoms with Gasteiger partial charge in [-0.25, -0.2) is 0 Å². The highest BCUT2D eigenvalue weighted by molar-refractivity contribution is 5.85. The SMILES string of the molecule is CCC(C1CCCNC1)N(Cc1cccc2ccccc12)c1cc(-c2ccccc2)no1. The summed E-state index contributed by atoms with van der Waals surface area (Å²) in [4.78, 5) is 2.46. The second-order valence-electron chi connectivity index (χ2n) is 8.76. The fraction of sp³-hybridized carbons (Fsp3) is 0.321. The molecule has 0 saturated carbocycles. The molecule has 3 aromatic carbocycles. The average Bonchev–Trinajstić information content (AvgIpc) is 3.35. The number of aromatic nitrogens is 1. The summed E-state index contributed by atoms with van der Waals surface area (Å²) >= 11 is 0. The Kier molecular flexibility index (Phi) is 6.22. The lowest BCUT2D eigenvalue weighted by Gasteiger charge is -2.38. The summed E-state index contributed by atoms with van der Waals surface area (Å²) in [5.41, 5.74) is 3.29. The Morgan fingerprint density at radius 2 is 1.84 bits per heavy atom. The third-order valence-corrected chi connectivity index (χ3v) is 6.77. The van der Waals surface area contributed by atoms with Gasteiger partial charge in [-0.05, 0) is 54.6 Å². The molecule has 0 aliphatic carbocycles. The van der Waals surface area contributed by atoms with E-state index in [1.54, 1.807) is 0 Å². The highest BCUT2D eigenvalue weighted by atomic mass is 16.5. The molecule has 1 fully saturated rings. The van der Waals surface area contributed by atoms with Crippen LogP contribution in [0.3, 0.4) is 0 Å². The maximum Gasteiger partial charge on any atom is 0.228 e. The van der Waals surface area contributed by atoms with Crippen molar-refractivity contribution in [1.82, 2.24) is 10.5 Å². The van der Waals surface area contributed by atoms with Crippen molar-refractivity contribution in [1.29, 1.82) is 0 Å². The summed E-state index contributed by atoms with van der Waals surface area (Å²) in [6, 6.07) is 28.0. The number of nitrogens with zero attached hydrogens (tertiary/aromatic N) is 2. The number of anilines is 1. The zero-order chi connectivity index (χ0) is 21.8. The molecule has 1 N–H and O–H groups in total. The topological polar surface area (TPSA) is 41.3 Å². The van der Waals surface area contributed by atoms with Crippen LogP contribution in [0, 0.1) is 5.92 Å². The molecule has 0 bridgehead atoms. The maximum absolute atomic E-state index is 5.99. The van der Waals surface area contributed by atoms with Gasteiger partial charge in [-0.1, -0.05) is 84.9 Å². The van der Waals surface area contributed by atoms with E-state index >= 15 is 0 Å². The monoisotopic (exact) mass is 425 g/mol. The van der Waals surface area contributed by atoms with E-state index in [-0.39, 0.29) is 0 Å². The fourth-order valence-corrected chi connectivity index (χ4v) is 5.13. The zero-order valence-corrected chi connectivity index (χ0v) is 18.7. The van der Waals surface area contributed by atoms with Crippen molar-refractivity contribution in [2.45, 2.75) is 38.8 Å². The van der Waals surface area contributed by atoms with Crippen molar-refractivity contribution in [2.75, 3.05) is 18.0 Å². The van der Waals surface area contributed by atoms with Crippen LogP contribution in [-0.2, 0) is 6.54 Å². The van der Waals surface area contributed by atoms with Crippen molar-refractivity contribution >= 4 is 16.7 Å². The van der Waals surface area contributed by atoms with Gasteiger partial charge in [0.25, 0.3) is 0 Å². The number of rotatable bonds is 7. The highest BCUT2D eigenvalue weighted by Gasteiger charge is 2.30. The fourth-order valence-electron chi connectivity index (χ4n) is 5.13. The molecule has 32 heavy (non-hydrogen) atoms. The van der Waals surface area contributed by atoms with Gasteiger partial charge in [0.2, 0.25) is 5.88 Å². The predicted molar refractivity (Wildman–Crippen MR) is 132 cm³/mol. The largest absolute Gasteiger partial charge is 0.338 e. The van der Waals surface area contributed by atoms with E-state index in [9.17, 15) is 0 Å². The molecular formula is C28H31N3O. The molecule has 4 aromatic rings. The Balaban J connectivity index is 1.53. The minimum Gasteiger partial charge on any atom is -0.338 e. The van der Waals surface area contributed by atoms with Crippen molar-refractivity contribution in [3.63, 3.8) is 0 Å². The van der Waals surface area contributed by atoms with E-state index in [2.05, 4.69) is 83.0 Å². The minimum absolute atomic E-state index is 0.387. The Morgan fingerprint density at radius 3 is 2.66 bits per heavy atom. The molecular weight excluding hydrogens is 394 g/mol. The van der Waals surface area contributed by atoms with Gasteiger partial charge in [0.05, 0.1) is 0 Å². The molecule has 1 saturated heterocycles. The second-order valence-corrected chi connectivity index (χ2v) is 8.76. The molecule has 2 atom stereocenters. The van der Waals surface area contributed by atoms with E-state index in [0.717, 1.165) is 43.2 Å². The van der Waals surface area contributed by atoms with Crippen molar-refractivity contribution in [3.05, 3.63) is 84.4 Å². The van der Waals surface area contributed by atoms with Crippen LogP contribution in [0.5, 0.6) is 0 Å². The Bertz CT molecular complexity index is 1140. The lowest BCUT2D eigenvalue weighted by molar-refractivity contribution is 0.289. The lowest BCUT2D eigenvalue weighted by Crippen LogP contribution is -2.46. The van der Waals surface area contributed by atoms with Gasteiger partial charge >= 0.3 is 0 Å². The van der Waals surface area contributed by atoms with Gasteiger partial charge in [0.15, 0.2) is 0 Å². The van der Waals surface area contributed by atoms with Crippen LogP contribution >= 0.6 is 0 Å². The van der Waals surface area contributed by atoms with Gasteiger partial charge < -0.3 is 14.7 Å². The number of hydrogen-bond acceptors (Lipinski definition) is 4. The molecule has 4 heteroatoms. The number of benzene rings is 3. The minimum atomic E-state index is 0.387. The molecule has 0 spiro atoms. The third-order valence-electron chi connectivity index (χ3n) is 6.77. The molecule has 4 nitrogen and oxygen atoms in total. The van der Waals surface area contributed by atoms with Crippen molar-refractivity contribution in [3.8, 4) is 11.3 Å². The van der Waals surface area contributed by atoms with Gasteiger partial charge in [0, 0.05) is 24.2 Å². The standard InChI is InChI=1S/C28H31N3O/c1-2-27(23-15-9-17-29-19-23)31(20-24-14-8-13-21-10-6-7-16-25(21)24)28-18-26(30-32-28)22-11-4-3-5-12-22/h3-8,10-14,16,18,23,27,29H,2,9,15,17,19-20H2,1H3. The molecule has 1 aliphatic rings. The zero-order valence-electron chi connectivity index (χ0n) is 18.7. The lowest BCUT2D eigenvalue weighted by atomic mass is 9.88. The Labute approximate surface area is 190 Å². The second kappa shape index (κ2) is 9.58. The third kappa shape index (κ3) is 4.28. The average molecular weight is 426 g/mol. The van der Waals surface area contributed by atoms with Gasteiger partial charge in [-0.2, -0.15) is 0 Å². The molecule has 164 valence electrons. The number of fused-ring (bicyclic) bond motifs is 1. The van der Waals surface area contributed by atoms with Crippen molar-refractivity contribution < 1.29 is 4.52 Å². The first kappa shape index (κ1) is 20.8. The van der Waals surface area contributed by atoms with Crippen molar-refractivity contribution in [2.24, 2.45) is 5.92 Å². The predicted octanol–water partition coefficient (Wildman–Crippen LogP) is 6.28. The number of piperidine rings is 1. The summed E-state index contributed by atoms with van der Waals surface area (Å²) < 4.78 is 5.99. The van der Waals surface area contributed by atoms with E-state index in [1.165, 1.54) is 29.2 Å². The van der Waals surface area contributed by atoms with E-state index < -0.39 is 0 Å². The molecule has 5 rings (SSSR count). The van der Waals surface area contributed by atoms with Crippen LogP contribution < -0.4 is 10.2 Å². The van der Waals surface area contributed by atoms with Crippen LogP contribution in [0.4, 0.5) is 5.88 Å². The quantitative estimate of drug-likeness (QED) is 0.378. The van der Waals surface area contributed by atoms with Gasteiger partial charge in [-0.3, -0.25) is 0 Å². The normalized spacial score (nSPS) is 17.3. The van der Waals surface area contributed by atoms with Crippen LogP contribution in [0.25, 0.3) is 22.0 Å². The van der Waals surface area contributed by atoms with Crippen LogP contribution in [0.2, 0.25) is 0 Å². The first-order valence-electron chi connectivity index (χ1n) is 11.8. The Hall–Kier alpha value is -3.11. The maximum atomic E-state index is 5.99. The summed E-state index contributed by atoms with van der Waals surface area (Å²) in [6.07, 6.45) is 3.55. The summed E-state index contributed by atoms with van der Waals surface area (Å²) in [7, 11) is 0. The molecule has 1 aromatic heterocycles. The molecule has 0 amide bonds. The van der Waals surface area contributed by atoms with E-state index in [1.807, 2.05) is 18.2 Å². The summed E-state index contributed by atoms with van der Waals surface area (Å²) in [5, 5.41) is 10.6. The Morgan fingerprint density at radius 1 is 1.03 bits per heavy atom. The first-order chi connectivity index (χ1) is 15.8. The van der Waals surface area contributed by atoms with Gasteiger partial charge in [0.1, 0.15) is 5.69 Å². The first-order valence-corrected chi connectivity index (χ1v) is 11.8. The van der Waals surface area contributed by atoms with Crippen LogP contribution in [-0.4, -0.2) is 24.3 Å². The summed E-state index contributed by atoms with van der Waals surface area (Å²) in [5.74, 6) is 1.45. The number of hydrogen-bond donors (Lipinski definition) is 1. The molecule has 1 aliphatic heterocycles. The van der Waals surface area contributed by atoms with E-state index in [4.69, 9.17) is 4.52 Å².